The monoisotopic (exact) mass is 361 g/mol. The van der Waals surface area contributed by atoms with Gasteiger partial charge in [-0.15, -0.1) is 11.8 Å². The molecule has 2 saturated heterocycles. The van der Waals surface area contributed by atoms with Crippen molar-refractivity contribution in [3.05, 3.63) is 35.9 Å². The fourth-order valence-corrected chi connectivity index (χ4v) is 4.62. The maximum Gasteiger partial charge on any atom is 0.255 e. The van der Waals surface area contributed by atoms with Crippen molar-refractivity contribution in [3.63, 3.8) is 0 Å². The topological polar surface area (TPSA) is 43.9 Å². The SMILES string of the molecule is CC(C)CN1CCN(C(=O)C2CSCN2C(=O)c2ccccc2)CC1. The molecule has 25 heavy (non-hydrogen) atoms. The van der Waals surface area contributed by atoms with Gasteiger partial charge in [-0.25, -0.2) is 0 Å². The second kappa shape index (κ2) is 8.23. The van der Waals surface area contributed by atoms with Crippen LogP contribution in [-0.4, -0.2) is 76.9 Å². The van der Waals surface area contributed by atoms with Gasteiger partial charge in [-0.2, -0.15) is 0 Å². The molecule has 1 aromatic rings. The number of nitrogens with zero attached hydrogens (tertiary/aromatic N) is 3. The van der Waals surface area contributed by atoms with Gasteiger partial charge in [0.05, 0.1) is 5.88 Å². The van der Waals surface area contributed by atoms with Gasteiger partial charge < -0.3 is 9.80 Å². The van der Waals surface area contributed by atoms with E-state index in [0.29, 0.717) is 23.1 Å². The Morgan fingerprint density at radius 2 is 1.80 bits per heavy atom. The fourth-order valence-electron chi connectivity index (χ4n) is 3.47. The molecule has 3 rings (SSSR count). The minimum absolute atomic E-state index is 0.0395. The quantitative estimate of drug-likeness (QED) is 0.823. The minimum atomic E-state index is -0.325. The van der Waals surface area contributed by atoms with Crippen LogP contribution >= 0.6 is 11.8 Å². The second-order valence-corrected chi connectivity index (χ2v) is 8.18. The molecule has 0 spiro atoms. The van der Waals surface area contributed by atoms with E-state index in [9.17, 15) is 9.59 Å². The Kier molecular flexibility index (Phi) is 6.02. The molecule has 0 N–H and O–H groups in total. The largest absolute Gasteiger partial charge is 0.338 e. The Bertz CT molecular complexity index is 600. The maximum atomic E-state index is 13.0. The van der Waals surface area contributed by atoms with Crippen LogP contribution in [0.1, 0.15) is 24.2 Å². The zero-order chi connectivity index (χ0) is 17.8. The molecule has 0 bridgehead atoms. The van der Waals surface area contributed by atoms with E-state index in [4.69, 9.17) is 0 Å². The van der Waals surface area contributed by atoms with Crippen LogP contribution in [0, 0.1) is 5.92 Å². The van der Waals surface area contributed by atoms with E-state index >= 15 is 0 Å². The van der Waals surface area contributed by atoms with Gasteiger partial charge in [-0.05, 0) is 18.1 Å². The molecule has 0 aromatic heterocycles. The summed E-state index contributed by atoms with van der Waals surface area (Å²) in [5.74, 6) is 2.01. The zero-order valence-electron chi connectivity index (χ0n) is 15.1. The van der Waals surface area contributed by atoms with Gasteiger partial charge in [-0.3, -0.25) is 14.5 Å². The molecule has 2 aliphatic heterocycles. The smallest absolute Gasteiger partial charge is 0.255 e. The molecule has 5 nitrogen and oxygen atoms in total. The summed E-state index contributed by atoms with van der Waals surface area (Å²) >= 11 is 1.66. The Labute approximate surface area is 154 Å². The lowest BCUT2D eigenvalue weighted by Crippen LogP contribution is -2.55. The predicted molar refractivity (Wildman–Crippen MR) is 102 cm³/mol. The first kappa shape index (κ1) is 18.3. The van der Waals surface area contributed by atoms with Gasteiger partial charge in [0.2, 0.25) is 5.91 Å². The van der Waals surface area contributed by atoms with Gasteiger partial charge in [-0.1, -0.05) is 32.0 Å². The van der Waals surface area contributed by atoms with E-state index in [2.05, 4.69) is 18.7 Å². The van der Waals surface area contributed by atoms with Crippen LogP contribution in [0.2, 0.25) is 0 Å². The van der Waals surface area contributed by atoms with Crippen molar-refractivity contribution in [1.29, 1.82) is 0 Å². The lowest BCUT2D eigenvalue weighted by Gasteiger charge is -2.37. The summed E-state index contributed by atoms with van der Waals surface area (Å²) in [5, 5.41) is 0. The third kappa shape index (κ3) is 4.36. The third-order valence-corrected chi connectivity index (χ3v) is 5.77. The minimum Gasteiger partial charge on any atom is -0.338 e. The molecule has 0 radical (unpaired) electrons. The summed E-state index contributed by atoms with van der Waals surface area (Å²) in [7, 11) is 0. The first-order valence-electron chi connectivity index (χ1n) is 9.01. The summed E-state index contributed by atoms with van der Waals surface area (Å²) < 4.78 is 0. The van der Waals surface area contributed by atoms with Gasteiger partial charge in [0.1, 0.15) is 6.04 Å². The van der Waals surface area contributed by atoms with Crippen LogP contribution in [0.3, 0.4) is 0 Å². The van der Waals surface area contributed by atoms with Crippen molar-refractivity contribution < 1.29 is 9.59 Å². The Hall–Kier alpha value is -1.53. The number of thioether (sulfide) groups is 1. The summed E-state index contributed by atoms with van der Waals surface area (Å²) in [5.41, 5.74) is 0.657. The molecular formula is C19H27N3O2S. The summed E-state index contributed by atoms with van der Waals surface area (Å²) in [4.78, 5) is 31.8. The molecule has 2 aliphatic rings. The molecule has 0 saturated carbocycles. The van der Waals surface area contributed by atoms with E-state index in [0.717, 1.165) is 32.7 Å². The highest BCUT2D eigenvalue weighted by Crippen LogP contribution is 2.25. The van der Waals surface area contributed by atoms with Crippen LogP contribution in [0.15, 0.2) is 30.3 Å². The molecule has 6 heteroatoms. The Balaban J connectivity index is 1.61. The summed E-state index contributed by atoms with van der Waals surface area (Å²) in [6, 6.07) is 8.93. The first-order valence-corrected chi connectivity index (χ1v) is 10.2. The highest BCUT2D eigenvalue weighted by Gasteiger charge is 2.38. The van der Waals surface area contributed by atoms with Crippen molar-refractivity contribution in [2.45, 2.75) is 19.9 Å². The van der Waals surface area contributed by atoms with Crippen LogP contribution < -0.4 is 0 Å². The second-order valence-electron chi connectivity index (χ2n) is 7.18. The molecule has 1 unspecified atom stereocenters. The molecule has 2 amide bonds. The van der Waals surface area contributed by atoms with E-state index < -0.39 is 0 Å². The number of hydrogen-bond donors (Lipinski definition) is 0. The molecular weight excluding hydrogens is 334 g/mol. The maximum absolute atomic E-state index is 13.0. The number of benzene rings is 1. The molecule has 1 atom stereocenters. The number of rotatable bonds is 4. The fraction of sp³-hybridized carbons (Fsp3) is 0.579. The summed E-state index contributed by atoms with van der Waals surface area (Å²) in [6.45, 7) is 8.91. The number of carbonyl (C=O) groups is 2. The van der Waals surface area contributed by atoms with Gasteiger partial charge in [0, 0.05) is 44.0 Å². The van der Waals surface area contributed by atoms with Gasteiger partial charge >= 0.3 is 0 Å². The Morgan fingerprint density at radius 3 is 2.44 bits per heavy atom. The van der Waals surface area contributed by atoms with Gasteiger partial charge in [0.25, 0.3) is 5.91 Å². The average Bonchev–Trinajstić information content (AvgIpc) is 3.11. The number of piperazine rings is 1. The molecule has 0 aliphatic carbocycles. The van der Waals surface area contributed by atoms with Crippen LogP contribution in [-0.2, 0) is 4.79 Å². The molecule has 1 aromatic carbocycles. The molecule has 2 fully saturated rings. The normalized spacial score (nSPS) is 21.8. The van der Waals surface area contributed by atoms with Crippen molar-refractivity contribution in [3.8, 4) is 0 Å². The predicted octanol–water partition coefficient (Wildman–Crippen LogP) is 2.00. The zero-order valence-corrected chi connectivity index (χ0v) is 15.9. The highest BCUT2D eigenvalue weighted by molar-refractivity contribution is 7.99. The third-order valence-electron chi connectivity index (χ3n) is 4.76. The van der Waals surface area contributed by atoms with Gasteiger partial charge in [0.15, 0.2) is 0 Å². The number of amides is 2. The average molecular weight is 362 g/mol. The number of hydrogen-bond acceptors (Lipinski definition) is 4. The lowest BCUT2D eigenvalue weighted by molar-refractivity contribution is -0.136. The standard InChI is InChI=1S/C19H27N3O2S/c1-15(2)12-20-8-10-21(11-9-20)19(24)17-13-25-14-22(17)18(23)16-6-4-3-5-7-16/h3-7,15,17H,8-14H2,1-2H3. The van der Waals surface area contributed by atoms with E-state index in [1.54, 1.807) is 16.7 Å². The van der Waals surface area contributed by atoms with E-state index in [1.165, 1.54) is 0 Å². The van der Waals surface area contributed by atoms with Crippen molar-refractivity contribution in [2.24, 2.45) is 5.92 Å². The Morgan fingerprint density at radius 1 is 1.12 bits per heavy atom. The van der Waals surface area contributed by atoms with Crippen molar-refractivity contribution in [1.82, 2.24) is 14.7 Å². The van der Waals surface area contributed by atoms with Crippen LogP contribution in [0.4, 0.5) is 0 Å². The summed E-state index contributed by atoms with van der Waals surface area (Å²) in [6.07, 6.45) is 0. The first-order chi connectivity index (χ1) is 12.1. The van der Waals surface area contributed by atoms with Crippen molar-refractivity contribution >= 4 is 23.6 Å². The highest BCUT2D eigenvalue weighted by atomic mass is 32.2. The van der Waals surface area contributed by atoms with Crippen LogP contribution in [0.5, 0.6) is 0 Å². The van der Waals surface area contributed by atoms with E-state index in [1.807, 2.05) is 35.2 Å². The van der Waals surface area contributed by atoms with Crippen LogP contribution in [0.25, 0.3) is 0 Å². The molecule has 136 valence electrons. The molecule has 2 heterocycles. The lowest BCUT2D eigenvalue weighted by atomic mass is 10.1. The van der Waals surface area contributed by atoms with E-state index in [-0.39, 0.29) is 17.9 Å². The number of carbonyl (C=O) groups excluding carboxylic acids is 2. The van der Waals surface area contributed by atoms with Crippen molar-refractivity contribution in [2.75, 3.05) is 44.4 Å².